The van der Waals surface area contributed by atoms with E-state index < -0.39 is 0 Å². The van der Waals surface area contributed by atoms with Crippen molar-refractivity contribution in [3.63, 3.8) is 0 Å². The summed E-state index contributed by atoms with van der Waals surface area (Å²) in [7, 11) is 0. The van der Waals surface area contributed by atoms with Crippen LogP contribution < -0.4 is 10.2 Å². The Morgan fingerprint density at radius 2 is 2.19 bits per heavy atom. The molecule has 0 aromatic heterocycles. The molecule has 1 N–H and O–H groups in total. The normalized spacial score (nSPS) is 18.8. The van der Waals surface area contributed by atoms with E-state index in [1.54, 1.807) is 6.08 Å². The average molecular weight is 284 g/mol. The second kappa shape index (κ2) is 6.88. The summed E-state index contributed by atoms with van der Waals surface area (Å²) < 4.78 is 5.45. The molecule has 1 atom stereocenters. The fraction of sp³-hybridized carbons (Fsp3) is 0.294. The van der Waals surface area contributed by atoms with Gasteiger partial charge in [-0.15, -0.1) is 0 Å². The maximum atomic E-state index is 11.3. The molecule has 4 heteroatoms. The lowest BCUT2D eigenvalue weighted by atomic mass is 9.93. The summed E-state index contributed by atoms with van der Waals surface area (Å²) in [6.45, 7) is 8.15. The third kappa shape index (κ3) is 4.05. The molecule has 21 heavy (non-hydrogen) atoms. The summed E-state index contributed by atoms with van der Waals surface area (Å²) in [5.41, 5.74) is 5.60. The summed E-state index contributed by atoms with van der Waals surface area (Å²) in [4.78, 5) is 11.3. The number of nitrogens with one attached hydrogen (secondary N) is 1. The number of benzene rings is 1. The van der Waals surface area contributed by atoms with Gasteiger partial charge in [0, 0.05) is 12.3 Å². The van der Waals surface area contributed by atoms with Crippen molar-refractivity contribution in [1.29, 1.82) is 0 Å². The Morgan fingerprint density at radius 3 is 2.81 bits per heavy atom. The van der Waals surface area contributed by atoms with Crippen LogP contribution in [0.25, 0.3) is 6.08 Å². The van der Waals surface area contributed by atoms with Crippen LogP contribution in [-0.2, 0) is 4.79 Å². The van der Waals surface area contributed by atoms with Crippen LogP contribution in [0.3, 0.4) is 0 Å². The molecule has 1 unspecified atom stereocenters. The van der Waals surface area contributed by atoms with Gasteiger partial charge in [-0.25, -0.2) is 5.43 Å². The second-order valence-electron chi connectivity index (χ2n) is 5.13. The molecule has 1 aromatic rings. The summed E-state index contributed by atoms with van der Waals surface area (Å²) in [5.74, 6) is 0.938. The van der Waals surface area contributed by atoms with E-state index >= 15 is 0 Å². The highest BCUT2D eigenvalue weighted by atomic mass is 16.5. The predicted octanol–water partition coefficient (Wildman–Crippen LogP) is 3.17. The fourth-order valence-electron chi connectivity index (χ4n) is 2.27. The minimum absolute atomic E-state index is 0.0252. The van der Waals surface area contributed by atoms with Gasteiger partial charge in [0.1, 0.15) is 12.4 Å². The molecule has 0 saturated heterocycles. The zero-order valence-corrected chi connectivity index (χ0v) is 12.4. The van der Waals surface area contributed by atoms with E-state index in [1.807, 2.05) is 38.1 Å². The molecular weight excluding hydrogens is 264 g/mol. The van der Waals surface area contributed by atoms with E-state index in [0.29, 0.717) is 13.0 Å². The van der Waals surface area contributed by atoms with Gasteiger partial charge in [-0.3, -0.25) is 4.79 Å². The number of nitrogens with zero attached hydrogens (tertiary/aromatic N) is 1. The van der Waals surface area contributed by atoms with E-state index in [0.717, 1.165) is 22.6 Å². The third-order valence-electron chi connectivity index (χ3n) is 3.29. The largest absolute Gasteiger partial charge is 0.490 e. The molecule has 2 rings (SSSR count). The maximum Gasteiger partial charge on any atom is 0.240 e. The van der Waals surface area contributed by atoms with Crippen LogP contribution in [0.1, 0.15) is 25.8 Å². The van der Waals surface area contributed by atoms with Gasteiger partial charge < -0.3 is 4.74 Å². The van der Waals surface area contributed by atoms with Gasteiger partial charge in [0.25, 0.3) is 0 Å². The lowest BCUT2D eigenvalue weighted by molar-refractivity contribution is -0.121. The Hall–Kier alpha value is -2.36. The van der Waals surface area contributed by atoms with Crippen molar-refractivity contribution in [2.24, 2.45) is 11.0 Å². The van der Waals surface area contributed by atoms with Gasteiger partial charge in [-0.1, -0.05) is 37.8 Å². The fourth-order valence-corrected chi connectivity index (χ4v) is 2.27. The quantitative estimate of drug-likeness (QED) is 0.844. The molecule has 0 bridgehead atoms. The number of carbonyl (C=O) groups excluding carboxylic acids is 1. The highest BCUT2D eigenvalue weighted by Crippen LogP contribution is 2.19. The maximum absolute atomic E-state index is 11.3. The number of ether oxygens (including phenoxy) is 1. The van der Waals surface area contributed by atoms with Gasteiger partial charge in [-0.2, -0.15) is 5.10 Å². The van der Waals surface area contributed by atoms with Crippen LogP contribution in [0, 0.1) is 5.92 Å². The van der Waals surface area contributed by atoms with E-state index in [9.17, 15) is 4.79 Å². The molecule has 1 aliphatic heterocycles. The van der Waals surface area contributed by atoms with Gasteiger partial charge in [0.05, 0.1) is 5.71 Å². The summed E-state index contributed by atoms with van der Waals surface area (Å²) in [6, 6.07) is 7.84. The Morgan fingerprint density at radius 1 is 1.48 bits per heavy atom. The molecule has 0 fully saturated rings. The van der Waals surface area contributed by atoms with Gasteiger partial charge in [0.15, 0.2) is 0 Å². The first kappa shape index (κ1) is 15.0. The molecule has 0 aliphatic carbocycles. The standard InChI is InChI=1S/C17H20N2O2/c1-4-9-21-15-7-5-14(6-8-15)10-12(2)17-13(3)11-16(20)18-19-17/h4-8,10,13H,1,9,11H2,2-3H3,(H,18,20). The van der Waals surface area contributed by atoms with Crippen LogP contribution in [0.2, 0.25) is 0 Å². The zero-order valence-electron chi connectivity index (χ0n) is 12.4. The van der Waals surface area contributed by atoms with Crippen molar-refractivity contribution in [2.45, 2.75) is 20.3 Å². The Bertz CT molecular complexity index is 585. The smallest absolute Gasteiger partial charge is 0.240 e. The third-order valence-corrected chi connectivity index (χ3v) is 3.29. The number of rotatable bonds is 5. The number of hydrazone groups is 1. The minimum Gasteiger partial charge on any atom is -0.490 e. The molecular formula is C17H20N2O2. The van der Waals surface area contributed by atoms with Crippen LogP contribution in [-0.4, -0.2) is 18.2 Å². The molecule has 0 spiro atoms. The Labute approximate surface area is 125 Å². The molecule has 1 aliphatic rings. The van der Waals surface area contributed by atoms with Crippen LogP contribution >= 0.6 is 0 Å². The van der Waals surface area contributed by atoms with Crippen molar-refractivity contribution < 1.29 is 9.53 Å². The number of carbonyl (C=O) groups is 1. The lowest BCUT2D eigenvalue weighted by Gasteiger charge is -2.19. The van der Waals surface area contributed by atoms with Gasteiger partial charge >= 0.3 is 0 Å². The average Bonchev–Trinajstić information content (AvgIpc) is 2.46. The second-order valence-corrected chi connectivity index (χ2v) is 5.13. The number of hydrogen-bond donors (Lipinski definition) is 1. The highest BCUT2D eigenvalue weighted by molar-refractivity contribution is 6.07. The van der Waals surface area contributed by atoms with Gasteiger partial charge in [-0.05, 0) is 30.2 Å². The summed E-state index contributed by atoms with van der Waals surface area (Å²) in [5, 5.41) is 4.16. The Kier molecular flexibility index (Phi) is 4.93. The summed E-state index contributed by atoms with van der Waals surface area (Å²) >= 11 is 0. The van der Waals surface area contributed by atoms with E-state index in [2.05, 4.69) is 23.2 Å². The van der Waals surface area contributed by atoms with Crippen LogP contribution in [0.4, 0.5) is 0 Å². The number of amides is 1. The Balaban J connectivity index is 2.11. The van der Waals surface area contributed by atoms with Crippen molar-refractivity contribution in [3.8, 4) is 5.75 Å². The SMILES string of the molecule is C=CCOc1ccc(C=C(C)C2=NNC(=O)CC2C)cc1. The molecule has 4 nitrogen and oxygen atoms in total. The molecule has 1 heterocycles. The highest BCUT2D eigenvalue weighted by Gasteiger charge is 2.21. The topological polar surface area (TPSA) is 50.7 Å². The van der Waals surface area contributed by atoms with Gasteiger partial charge in [0.2, 0.25) is 5.91 Å². The van der Waals surface area contributed by atoms with Crippen LogP contribution in [0.15, 0.2) is 47.6 Å². The van der Waals surface area contributed by atoms with E-state index in [1.165, 1.54) is 0 Å². The molecule has 1 amide bonds. The monoisotopic (exact) mass is 284 g/mol. The molecule has 0 saturated carbocycles. The zero-order chi connectivity index (χ0) is 15.2. The lowest BCUT2D eigenvalue weighted by Crippen LogP contribution is -2.31. The van der Waals surface area contributed by atoms with Crippen molar-refractivity contribution in [1.82, 2.24) is 5.43 Å². The van der Waals surface area contributed by atoms with E-state index in [4.69, 9.17) is 4.74 Å². The predicted molar refractivity (Wildman–Crippen MR) is 85.1 cm³/mol. The molecule has 1 aromatic carbocycles. The first-order valence-corrected chi connectivity index (χ1v) is 6.99. The van der Waals surface area contributed by atoms with Crippen molar-refractivity contribution >= 4 is 17.7 Å². The first-order chi connectivity index (χ1) is 10.1. The number of allylic oxidation sites excluding steroid dienone is 1. The minimum atomic E-state index is -0.0252. The van der Waals surface area contributed by atoms with Crippen molar-refractivity contribution in [3.05, 3.63) is 48.1 Å². The van der Waals surface area contributed by atoms with Crippen LogP contribution in [0.5, 0.6) is 5.75 Å². The molecule has 110 valence electrons. The first-order valence-electron chi connectivity index (χ1n) is 6.99. The van der Waals surface area contributed by atoms with Crippen molar-refractivity contribution in [2.75, 3.05) is 6.61 Å². The summed E-state index contributed by atoms with van der Waals surface area (Å²) in [6.07, 6.45) is 4.26. The molecule has 0 radical (unpaired) electrons. The number of hydrogen-bond acceptors (Lipinski definition) is 3. The van der Waals surface area contributed by atoms with E-state index in [-0.39, 0.29) is 11.8 Å².